The summed E-state index contributed by atoms with van der Waals surface area (Å²) in [5, 5.41) is 0. The van der Waals surface area contributed by atoms with Crippen molar-refractivity contribution in [1.82, 2.24) is 9.80 Å². The van der Waals surface area contributed by atoms with Crippen molar-refractivity contribution in [2.45, 2.75) is 54.2 Å². The third-order valence-corrected chi connectivity index (χ3v) is 10.3. The number of fused-ring (bicyclic) bond motifs is 1. The van der Waals surface area contributed by atoms with Crippen LogP contribution in [0.15, 0.2) is 52.3 Å². The molecule has 3 saturated heterocycles. The zero-order valence-electron chi connectivity index (χ0n) is 22.8. The van der Waals surface area contributed by atoms with Gasteiger partial charge in [-0.05, 0) is 70.0 Å². The van der Waals surface area contributed by atoms with Crippen molar-refractivity contribution >= 4 is 15.9 Å². The van der Waals surface area contributed by atoms with Crippen molar-refractivity contribution in [2.24, 2.45) is 5.92 Å². The van der Waals surface area contributed by atoms with E-state index in [0.29, 0.717) is 37.4 Å². The van der Waals surface area contributed by atoms with Crippen LogP contribution in [0.2, 0.25) is 0 Å². The van der Waals surface area contributed by atoms with Crippen LogP contribution < -0.4 is 9.47 Å². The minimum Gasteiger partial charge on any atom is -0.454 e. The molecular formula is C29H36N2O8S. The van der Waals surface area contributed by atoms with Crippen molar-refractivity contribution in [3.63, 3.8) is 0 Å². The molecule has 0 spiro atoms. The molecule has 0 aliphatic carbocycles. The Morgan fingerprint density at radius 2 is 1.55 bits per heavy atom. The van der Waals surface area contributed by atoms with Crippen LogP contribution in [0.25, 0.3) is 0 Å². The lowest BCUT2D eigenvalue weighted by atomic mass is 9.83. The second-order valence-electron chi connectivity index (χ2n) is 10.6. The van der Waals surface area contributed by atoms with Gasteiger partial charge in [-0.1, -0.05) is 12.1 Å². The number of ether oxygens (including phenoxy) is 5. The predicted molar refractivity (Wildman–Crippen MR) is 144 cm³/mol. The summed E-state index contributed by atoms with van der Waals surface area (Å²) < 4.78 is 55.1. The number of piperidine rings is 2. The minimum absolute atomic E-state index is 0.0866. The van der Waals surface area contributed by atoms with Gasteiger partial charge in [0.05, 0.1) is 29.6 Å². The molecule has 0 unspecified atom stereocenters. The monoisotopic (exact) mass is 572 g/mol. The van der Waals surface area contributed by atoms with Gasteiger partial charge in [0.1, 0.15) is 0 Å². The van der Waals surface area contributed by atoms with E-state index in [1.807, 2.05) is 19.1 Å². The summed E-state index contributed by atoms with van der Waals surface area (Å²) in [5.74, 6) is 0.253. The maximum Gasteiger partial charge on any atom is 0.409 e. The highest BCUT2D eigenvalue weighted by atomic mass is 32.2. The Morgan fingerprint density at radius 3 is 2.23 bits per heavy atom. The Balaban J connectivity index is 1.12. The molecule has 216 valence electrons. The lowest BCUT2D eigenvalue weighted by Crippen LogP contribution is -2.51. The highest BCUT2D eigenvalue weighted by Gasteiger charge is 2.47. The summed E-state index contributed by atoms with van der Waals surface area (Å²) in [5.41, 5.74) is 0.843. The van der Waals surface area contributed by atoms with Gasteiger partial charge in [0.25, 0.3) is 0 Å². The van der Waals surface area contributed by atoms with E-state index in [9.17, 15) is 13.2 Å². The van der Waals surface area contributed by atoms with Crippen LogP contribution in [0.4, 0.5) is 4.79 Å². The number of amides is 1. The molecule has 6 rings (SSSR count). The quantitative estimate of drug-likeness (QED) is 0.512. The van der Waals surface area contributed by atoms with E-state index in [4.69, 9.17) is 23.7 Å². The molecule has 2 aromatic carbocycles. The number of hydrogen-bond donors (Lipinski definition) is 0. The standard InChI is InChI=1S/C29H36N2O8S/c1-2-35-28(32)31-15-11-23(12-16-31)30-13-9-22(10-14-30)29(38-17-18-39-29)21-3-5-24(6-4-21)40(33,34)25-7-8-26-27(19-25)37-20-36-26/h3-8,19,22-23H,2,9-18,20H2,1H3. The first kappa shape index (κ1) is 27.3. The molecule has 4 aliphatic heterocycles. The van der Waals surface area contributed by atoms with Crippen LogP contribution in [0, 0.1) is 5.92 Å². The molecule has 11 heteroatoms. The number of carbonyl (C=O) groups excluding carboxylic acids is 1. The summed E-state index contributed by atoms with van der Waals surface area (Å²) in [6, 6.07) is 12.0. The van der Waals surface area contributed by atoms with Crippen LogP contribution in [-0.4, -0.2) is 83.1 Å². The third kappa shape index (κ3) is 5.04. The van der Waals surface area contributed by atoms with E-state index in [2.05, 4.69) is 4.90 Å². The van der Waals surface area contributed by atoms with Crippen LogP contribution in [0.3, 0.4) is 0 Å². The summed E-state index contributed by atoms with van der Waals surface area (Å²) in [6.45, 7) is 6.63. The Labute approximate surface area is 235 Å². The molecule has 10 nitrogen and oxygen atoms in total. The highest BCUT2D eigenvalue weighted by Crippen LogP contribution is 2.44. The fourth-order valence-corrected chi connectivity index (χ4v) is 7.66. The van der Waals surface area contributed by atoms with Gasteiger partial charge in [-0.25, -0.2) is 13.2 Å². The molecule has 40 heavy (non-hydrogen) atoms. The summed E-state index contributed by atoms with van der Waals surface area (Å²) >= 11 is 0. The zero-order valence-corrected chi connectivity index (χ0v) is 23.6. The molecule has 4 heterocycles. The topological polar surface area (TPSA) is 104 Å². The van der Waals surface area contributed by atoms with Gasteiger partial charge in [0.2, 0.25) is 16.6 Å². The largest absolute Gasteiger partial charge is 0.454 e. The number of sulfone groups is 1. The van der Waals surface area contributed by atoms with Crippen LogP contribution in [0.5, 0.6) is 11.5 Å². The minimum atomic E-state index is -3.73. The first-order valence-corrected chi connectivity index (χ1v) is 15.6. The summed E-state index contributed by atoms with van der Waals surface area (Å²) in [6.07, 6.45) is 3.50. The fourth-order valence-electron chi connectivity index (χ4n) is 6.39. The molecule has 0 radical (unpaired) electrons. The fraction of sp³-hybridized carbons (Fsp3) is 0.552. The number of hydrogen-bond acceptors (Lipinski definition) is 9. The highest BCUT2D eigenvalue weighted by molar-refractivity contribution is 7.91. The van der Waals surface area contributed by atoms with Crippen LogP contribution >= 0.6 is 0 Å². The Hall–Kier alpha value is -2.86. The first-order chi connectivity index (χ1) is 19.4. The second kappa shape index (κ2) is 11.2. The van der Waals surface area contributed by atoms with Crippen molar-refractivity contribution in [1.29, 1.82) is 0 Å². The van der Waals surface area contributed by atoms with E-state index in [-0.39, 0.29) is 28.6 Å². The molecule has 1 amide bonds. The van der Waals surface area contributed by atoms with Gasteiger partial charge in [-0.2, -0.15) is 0 Å². The van der Waals surface area contributed by atoms with Crippen LogP contribution in [0.1, 0.15) is 38.2 Å². The smallest absolute Gasteiger partial charge is 0.409 e. The molecule has 0 aromatic heterocycles. The first-order valence-electron chi connectivity index (χ1n) is 14.1. The molecular weight excluding hydrogens is 536 g/mol. The summed E-state index contributed by atoms with van der Waals surface area (Å²) in [7, 11) is -3.73. The van der Waals surface area contributed by atoms with Gasteiger partial charge in [-0.15, -0.1) is 0 Å². The molecule has 2 aromatic rings. The number of benzene rings is 2. The molecule has 0 saturated carbocycles. The Bertz CT molecular complexity index is 1310. The average Bonchev–Trinajstić information content (AvgIpc) is 3.68. The average molecular weight is 573 g/mol. The van der Waals surface area contributed by atoms with Gasteiger partial charge in [0, 0.05) is 36.7 Å². The zero-order chi connectivity index (χ0) is 27.7. The normalized spacial score (nSPS) is 22.0. The lowest BCUT2D eigenvalue weighted by Gasteiger charge is -2.45. The molecule has 4 aliphatic rings. The predicted octanol–water partition coefficient (Wildman–Crippen LogP) is 3.78. The van der Waals surface area contributed by atoms with Crippen molar-refractivity contribution in [3.8, 4) is 11.5 Å². The molecule has 0 bridgehead atoms. The number of carbonyl (C=O) groups is 1. The third-order valence-electron chi connectivity index (χ3n) is 8.51. The number of rotatable bonds is 6. The second-order valence-corrected chi connectivity index (χ2v) is 12.6. The maximum atomic E-state index is 13.3. The van der Waals surface area contributed by atoms with E-state index < -0.39 is 15.6 Å². The Kier molecular flexibility index (Phi) is 7.64. The lowest BCUT2D eigenvalue weighted by molar-refractivity contribution is -0.215. The molecule has 0 N–H and O–H groups in total. The van der Waals surface area contributed by atoms with Crippen molar-refractivity contribution in [2.75, 3.05) is 52.8 Å². The molecule has 0 atom stereocenters. The van der Waals surface area contributed by atoms with E-state index in [1.165, 1.54) is 12.1 Å². The van der Waals surface area contributed by atoms with Gasteiger partial charge in [0.15, 0.2) is 17.3 Å². The Morgan fingerprint density at radius 1 is 0.900 bits per heavy atom. The van der Waals surface area contributed by atoms with E-state index in [0.717, 1.165) is 57.4 Å². The van der Waals surface area contributed by atoms with Gasteiger partial charge in [-0.3, -0.25) is 0 Å². The van der Waals surface area contributed by atoms with Crippen LogP contribution in [-0.2, 0) is 29.8 Å². The van der Waals surface area contributed by atoms with Crippen molar-refractivity contribution < 1.29 is 36.9 Å². The number of nitrogens with zero attached hydrogens (tertiary/aromatic N) is 2. The summed E-state index contributed by atoms with van der Waals surface area (Å²) in [4.78, 5) is 16.7. The SMILES string of the molecule is CCOC(=O)N1CCC(N2CCC(C3(c4ccc(S(=O)(=O)c5ccc6c(c5)OCO6)cc4)OCCO3)CC2)CC1. The maximum absolute atomic E-state index is 13.3. The van der Waals surface area contributed by atoms with Gasteiger partial charge >= 0.3 is 6.09 Å². The van der Waals surface area contributed by atoms with Gasteiger partial charge < -0.3 is 33.5 Å². The molecule has 3 fully saturated rings. The number of likely N-dealkylation sites (tertiary alicyclic amines) is 2. The van der Waals surface area contributed by atoms with E-state index in [1.54, 1.807) is 23.1 Å². The van der Waals surface area contributed by atoms with Crippen molar-refractivity contribution in [3.05, 3.63) is 48.0 Å². The van der Waals surface area contributed by atoms with E-state index >= 15 is 0 Å².